The quantitative estimate of drug-likeness (QED) is 0.526. The molecule has 1 heterocycles. The highest BCUT2D eigenvalue weighted by molar-refractivity contribution is 14.1. The Hall–Kier alpha value is -0.720. The first-order chi connectivity index (χ1) is 9.15. The van der Waals surface area contributed by atoms with Gasteiger partial charge in [0.15, 0.2) is 5.78 Å². The van der Waals surface area contributed by atoms with Crippen molar-refractivity contribution in [3.05, 3.63) is 66.7 Å². The number of ketones is 1. The third-order valence-electron chi connectivity index (χ3n) is 3.16. The van der Waals surface area contributed by atoms with Gasteiger partial charge in [0.05, 0.1) is 13.2 Å². The van der Waals surface area contributed by atoms with Crippen LogP contribution in [0.15, 0.2) is 40.9 Å². The van der Waals surface area contributed by atoms with Crippen LogP contribution in [0.1, 0.15) is 27.0 Å². The molecule has 2 aromatic carbocycles. The van der Waals surface area contributed by atoms with Crippen molar-refractivity contribution in [1.29, 1.82) is 0 Å². The Labute approximate surface area is 133 Å². The van der Waals surface area contributed by atoms with E-state index in [0.29, 0.717) is 24.3 Å². The van der Waals surface area contributed by atoms with E-state index in [9.17, 15) is 4.79 Å². The molecule has 0 bridgehead atoms. The molecule has 0 saturated heterocycles. The van der Waals surface area contributed by atoms with E-state index >= 15 is 0 Å². The van der Waals surface area contributed by atoms with Crippen molar-refractivity contribution in [2.24, 2.45) is 0 Å². The largest absolute Gasteiger partial charge is 0.372 e. The molecule has 1 aliphatic rings. The topological polar surface area (TPSA) is 26.3 Å². The first-order valence-electron chi connectivity index (χ1n) is 5.84. The average molecular weight is 429 g/mol. The summed E-state index contributed by atoms with van der Waals surface area (Å²) in [6, 6.07) is 11.6. The van der Waals surface area contributed by atoms with Gasteiger partial charge < -0.3 is 4.74 Å². The lowest BCUT2D eigenvalue weighted by Gasteiger charge is -2.06. The monoisotopic (exact) mass is 428 g/mol. The second-order valence-electron chi connectivity index (χ2n) is 4.43. The van der Waals surface area contributed by atoms with Crippen LogP contribution in [0.5, 0.6) is 0 Å². The lowest BCUT2D eigenvalue weighted by molar-refractivity contribution is 0.103. The second-order valence-corrected chi connectivity index (χ2v) is 6.53. The fourth-order valence-corrected chi connectivity index (χ4v) is 3.06. The van der Waals surface area contributed by atoms with Crippen LogP contribution in [0.4, 0.5) is 0 Å². The van der Waals surface area contributed by atoms with Gasteiger partial charge in [-0.25, -0.2) is 0 Å². The number of fused-ring (bicyclic) bond motifs is 1. The number of hydrogen-bond acceptors (Lipinski definition) is 2. The van der Waals surface area contributed by atoms with Gasteiger partial charge in [0, 0.05) is 19.2 Å². The number of carbonyl (C=O) groups excluding carboxylic acids is 1. The lowest BCUT2D eigenvalue weighted by atomic mass is 9.99. The minimum absolute atomic E-state index is 0.0418. The molecule has 0 spiro atoms. The fraction of sp³-hybridized carbons (Fsp3) is 0.133. The van der Waals surface area contributed by atoms with Gasteiger partial charge in [0.1, 0.15) is 0 Å². The van der Waals surface area contributed by atoms with Crippen LogP contribution in [0.2, 0.25) is 0 Å². The van der Waals surface area contributed by atoms with Crippen molar-refractivity contribution >= 4 is 44.3 Å². The highest BCUT2D eigenvalue weighted by Crippen LogP contribution is 2.25. The molecule has 0 fully saturated rings. The maximum absolute atomic E-state index is 12.5. The van der Waals surface area contributed by atoms with Crippen molar-refractivity contribution in [2.45, 2.75) is 13.2 Å². The summed E-state index contributed by atoms with van der Waals surface area (Å²) in [6.07, 6.45) is 0. The van der Waals surface area contributed by atoms with Gasteiger partial charge in [-0.3, -0.25) is 4.79 Å². The predicted octanol–water partition coefficient (Wildman–Crippen LogP) is 4.31. The standard InChI is InChI=1S/C15H10BrIO2/c16-14-4-3-12(17)6-13(14)15(18)9-1-2-10-7-19-8-11(10)5-9/h1-6H,7-8H2. The number of carbonyl (C=O) groups is 1. The summed E-state index contributed by atoms with van der Waals surface area (Å²) in [5, 5.41) is 0. The molecule has 2 nitrogen and oxygen atoms in total. The minimum Gasteiger partial charge on any atom is -0.372 e. The van der Waals surface area contributed by atoms with Gasteiger partial charge in [0.2, 0.25) is 0 Å². The molecule has 2 aromatic rings. The molecule has 19 heavy (non-hydrogen) atoms. The Balaban J connectivity index is 2.02. The molecule has 0 radical (unpaired) electrons. The zero-order valence-corrected chi connectivity index (χ0v) is 13.7. The van der Waals surface area contributed by atoms with Crippen molar-refractivity contribution in [1.82, 2.24) is 0 Å². The molecule has 0 unspecified atom stereocenters. The van der Waals surface area contributed by atoms with Crippen molar-refractivity contribution in [3.63, 3.8) is 0 Å². The molecule has 3 rings (SSSR count). The van der Waals surface area contributed by atoms with Crippen molar-refractivity contribution in [2.75, 3.05) is 0 Å². The van der Waals surface area contributed by atoms with Crippen LogP contribution in [-0.2, 0) is 18.0 Å². The van der Waals surface area contributed by atoms with E-state index in [1.165, 1.54) is 5.56 Å². The number of ether oxygens (including phenoxy) is 1. The number of halogens is 2. The van der Waals surface area contributed by atoms with E-state index in [1.54, 1.807) is 0 Å². The van der Waals surface area contributed by atoms with Gasteiger partial charge in [0.25, 0.3) is 0 Å². The SMILES string of the molecule is O=C(c1ccc2c(c1)COC2)c1cc(I)ccc1Br. The van der Waals surface area contributed by atoms with Crippen LogP contribution in [0.25, 0.3) is 0 Å². The molecule has 4 heteroatoms. The molecule has 0 N–H and O–H groups in total. The Bertz CT molecular complexity index is 667. The van der Waals surface area contributed by atoms with Crippen LogP contribution in [0.3, 0.4) is 0 Å². The maximum atomic E-state index is 12.5. The fourth-order valence-electron chi connectivity index (χ4n) is 2.14. The summed E-state index contributed by atoms with van der Waals surface area (Å²) in [4.78, 5) is 12.5. The average Bonchev–Trinajstić information content (AvgIpc) is 2.88. The minimum atomic E-state index is 0.0418. The molecule has 0 atom stereocenters. The van der Waals surface area contributed by atoms with E-state index in [1.807, 2.05) is 36.4 Å². The van der Waals surface area contributed by atoms with Crippen LogP contribution in [-0.4, -0.2) is 5.78 Å². The molecular weight excluding hydrogens is 419 g/mol. The smallest absolute Gasteiger partial charge is 0.194 e. The molecule has 0 amide bonds. The van der Waals surface area contributed by atoms with Crippen LogP contribution < -0.4 is 0 Å². The first kappa shape index (κ1) is 13.3. The Morgan fingerprint density at radius 3 is 2.74 bits per heavy atom. The number of rotatable bonds is 2. The summed E-state index contributed by atoms with van der Waals surface area (Å²) in [5.74, 6) is 0.0418. The summed E-state index contributed by atoms with van der Waals surface area (Å²) in [7, 11) is 0. The molecule has 1 aliphatic heterocycles. The van der Waals surface area contributed by atoms with Gasteiger partial charge >= 0.3 is 0 Å². The Kier molecular flexibility index (Phi) is 3.73. The molecule has 0 aliphatic carbocycles. The third-order valence-corrected chi connectivity index (χ3v) is 4.52. The molecular formula is C15H10BrIO2. The summed E-state index contributed by atoms with van der Waals surface area (Å²) < 4.78 is 7.25. The van der Waals surface area contributed by atoms with Gasteiger partial charge in [-0.2, -0.15) is 0 Å². The van der Waals surface area contributed by atoms with Gasteiger partial charge in [-0.05, 0) is 58.0 Å². The normalized spacial score (nSPS) is 13.4. The Morgan fingerprint density at radius 2 is 1.89 bits per heavy atom. The summed E-state index contributed by atoms with van der Waals surface area (Å²) in [5.41, 5.74) is 3.71. The van der Waals surface area contributed by atoms with Gasteiger partial charge in [-0.15, -0.1) is 0 Å². The van der Waals surface area contributed by atoms with Gasteiger partial charge in [-0.1, -0.05) is 28.1 Å². The summed E-state index contributed by atoms with van der Waals surface area (Å²) >= 11 is 5.65. The van der Waals surface area contributed by atoms with E-state index in [0.717, 1.165) is 13.6 Å². The van der Waals surface area contributed by atoms with Crippen LogP contribution >= 0.6 is 38.5 Å². The first-order valence-corrected chi connectivity index (χ1v) is 7.71. The summed E-state index contributed by atoms with van der Waals surface area (Å²) in [6.45, 7) is 1.25. The van der Waals surface area contributed by atoms with Crippen molar-refractivity contribution in [3.8, 4) is 0 Å². The Morgan fingerprint density at radius 1 is 1.11 bits per heavy atom. The van der Waals surface area contributed by atoms with E-state index < -0.39 is 0 Å². The highest BCUT2D eigenvalue weighted by Gasteiger charge is 2.17. The number of benzene rings is 2. The lowest BCUT2D eigenvalue weighted by Crippen LogP contribution is -2.03. The highest BCUT2D eigenvalue weighted by atomic mass is 127. The number of hydrogen-bond donors (Lipinski definition) is 0. The maximum Gasteiger partial charge on any atom is 0.194 e. The zero-order chi connectivity index (χ0) is 13.4. The van der Waals surface area contributed by atoms with Crippen molar-refractivity contribution < 1.29 is 9.53 Å². The van der Waals surface area contributed by atoms with Crippen LogP contribution in [0, 0.1) is 3.57 Å². The zero-order valence-electron chi connectivity index (χ0n) is 9.95. The van der Waals surface area contributed by atoms with E-state index in [-0.39, 0.29) is 5.78 Å². The molecule has 0 saturated carbocycles. The van der Waals surface area contributed by atoms with E-state index in [4.69, 9.17) is 4.74 Å². The second kappa shape index (κ2) is 5.34. The third kappa shape index (κ3) is 2.61. The molecule has 96 valence electrons. The van der Waals surface area contributed by atoms with E-state index in [2.05, 4.69) is 38.5 Å². The predicted molar refractivity (Wildman–Crippen MR) is 85.2 cm³/mol. The molecule has 0 aromatic heterocycles.